The molecule has 1 aliphatic rings. The lowest BCUT2D eigenvalue weighted by atomic mass is 10.1. The van der Waals surface area contributed by atoms with Gasteiger partial charge in [-0.1, -0.05) is 11.6 Å². The van der Waals surface area contributed by atoms with Crippen molar-refractivity contribution in [2.24, 2.45) is 5.92 Å². The second kappa shape index (κ2) is 3.55. The molecular formula is C10H15ClN2O. The summed E-state index contributed by atoms with van der Waals surface area (Å²) in [4.78, 5) is 0. The molecule has 1 unspecified atom stereocenters. The number of hydrogen-bond acceptors (Lipinski definition) is 2. The zero-order chi connectivity index (χ0) is 10.3. The van der Waals surface area contributed by atoms with Crippen LogP contribution in [0.3, 0.4) is 0 Å². The summed E-state index contributed by atoms with van der Waals surface area (Å²) in [6.45, 7) is 4.07. The second-order valence-electron chi connectivity index (χ2n) is 4.20. The Kier molecular flexibility index (Phi) is 2.54. The predicted molar refractivity (Wildman–Crippen MR) is 55.3 cm³/mol. The molecule has 1 heterocycles. The molecule has 78 valence electrons. The largest absolute Gasteiger partial charge is 0.386 e. The molecule has 0 saturated heterocycles. The van der Waals surface area contributed by atoms with E-state index in [0.29, 0.717) is 10.9 Å². The minimum atomic E-state index is -0.438. The van der Waals surface area contributed by atoms with Gasteiger partial charge in [-0.3, -0.25) is 4.68 Å². The average Bonchev–Trinajstić information content (AvgIpc) is 2.88. The summed E-state index contributed by atoms with van der Waals surface area (Å²) in [5.41, 5.74) is 0.782. The molecule has 0 spiro atoms. The monoisotopic (exact) mass is 214 g/mol. The van der Waals surface area contributed by atoms with Crippen LogP contribution in [0.5, 0.6) is 0 Å². The highest BCUT2D eigenvalue weighted by Gasteiger charge is 2.34. The fourth-order valence-electron chi connectivity index (χ4n) is 1.67. The highest BCUT2D eigenvalue weighted by atomic mass is 35.5. The summed E-state index contributed by atoms with van der Waals surface area (Å²) in [7, 11) is 0. The van der Waals surface area contributed by atoms with Crippen molar-refractivity contribution in [3.63, 3.8) is 0 Å². The molecule has 0 aromatic carbocycles. The third kappa shape index (κ3) is 1.66. The number of aliphatic hydroxyl groups is 1. The van der Waals surface area contributed by atoms with Gasteiger partial charge >= 0.3 is 0 Å². The number of rotatable bonds is 3. The smallest absolute Gasteiger partial charge is 0.0999 e. The molecule has 0 aliphatic heterocycles. The molecule has 0 radical (unpaired) electrons. The third-order valence-electron chi connectivity index (χ3n) is 2.62. The first-order valence-electron chi connectivity index (χ1n) is 5.02. The van der Waals surface area contributed by atoms with Gasteiger partial charge in [0.25, 0.3) is 0 Å². The van der Waals surface area contributed by atoms with E-state index in [2.05, 4.69) is 5.10 Å². The van der Waals surface area contributed by atoms with Crippen molar-refractivity contribution < 1.29 is 5.11 Å². The molecule has 14 heavy (non-hydrogen) atoms. The van der Waals surface area contributed by atoms with Crippen molar-refractivity contribution in [3.05, 3.63) is 16.9 Å². The highest BCUT2D eigenvalue weighted by Crippen LogP contribution is 2.43. The summed E-state index contributed by atoms with van der Waals surface area (Å²) >= 11 is 6.01. The quantitative estimate of drug-likeness (QED) is 0.840. The van der Waals surface area contributed by atoms with E-state index in [4.69, 9.17) is 11.6 Å². The molecule has 1 N–H and O–H groups in total. The molecule has 1 aliphatic carbocycles. The SMILES string of the molecule is CC(C)n1ncc(Cl)c1C(O)C1CC1. The number of nitrogens with zero attached hydrogens (tertiary/aromatic N) is 2. The molecule has 0 bridgehead atoms. The Bertz CT molecular complexity index is 331. The van der Waals surface area contributed by atoms with E-state index >= 15 is 0 Å². The van der Waals surface area contributed by atoms with Crippen molar-refractivity contribution in [1.82, 2.24) is 9.78 Å². The van der Waals surface area contributed by atoms with Gasteiger partial charge in [0, 0.05) is 6.04 Å². The van der Waals surface area contributed by atoms with Crippen molar-refractivity contribution in [1.29, 1.82) is 0 Å². The van der Waals surface area contributed by atoms with Gasteiger partial charge < -0.3 is 5.11 Å². The predicted octanol–water partition coefficient (Wildman–Crippen LogP) is 2.56. The number of hydrogen-bond donors (Lipinski definition) is 1. The molecule has 4 heteroatoms. The van der Waals surface area contributed by atoms with Crippen molar-refractivity contribution >= 4 is 11.6 Å². The van der Waals surface area contributed by atoms with Crippen LogP contribution in [0.15, 0.2) is 6.20 Å². The lowest BCUT2D eigenvalue weighted by Gasteiger charge is -2.15. The van der Waals surface area contributed by atoms with E-state index in [1.807, 2.05) is 18.5 Å². The highest BCUT2D eigenvalue weighted by molar-refractivity contribution is 6.31. The summed E-state index contributed by atoms with van der Waals surface area (Å²) in [5.74, 6) is 0.390. The molecule has 0 amide bonds. The second-order valence-corrected chi connectivity index (χ2v) is 4.61. The number of halogens is 1. The Hall–Kier alpha value is -0.540. The van der Waals surface area contributed by atoms with Crippen LogP contribution in [0.4, 0.5) is 0 Å². The van der Waals surface area contributed by atoms with E-state index in [1.165, 1.54) is 0 Å². The number of aliphatic hydroxyl groups excluding tert-OH is 1. The summed E-state index contributed by atoms with van der Waals surface area (Å²) < 4.78 is 1.81. The van der Waals surface area contributed by atoms with Crippen LogP contribution in [0.2, 0.25) is 5.02 Å². The first-order valence-corrected chi connectivity index (χ1v) is 5.40. The van der Waals surface area contributed by atoms with Crippen LogP contribution in [-0.4, -0.2) is 14.9 Å². The maximum atomic E-state index is 10.0. The van der Waals surface area contributed by atoms with Crippen molar-refractivity contribution in [3.8, 4) is 0 Å². The molecule has 2 rings (SSSR count). The van der Waals surface area contributed by atoms with Gasteiger partial charge in [-0.25, -0.2) is 0 Å². The molecule has 1 saturated carbocycles. The minimum absolute atomic E-state index is 0.242. The molecular weight excluding hydrogens is 200 g/mol. The van der Waals surface area contributed by atoms with Crippen molar-refractivity contribution in [2.75, 3.05) is 0 Å². The van der Waals surface area contributed by atoms with Crippen LogP contribution in [-0.2, 0) is 0 Å². The Balaban J connectivity index is 2.33. The van der Waals surface area contributed by atoms with Crippen LogP contribution >= 0.6 is 11.6 Å². The lowest BCUT2D eigenvalue weighted by molar-refractivity contribution is 0.141. The van der Waals surface area contributed by atoms with Gasteiger partial charge in [0.2, 0.25) is 0 Å². The van der Waals surface area contributed by atoms with E-state index in [9.17, 15) is 5.11 Å². The van der Waals surface area contributed by atoms with Gasteiger partial charge in [-0.2, -0.15) is 5.10 Å². The van der Waals surface area contributed by atoms with Crippen molar-refractivity contribution in [2.45, 2.75) is 38.8 Å². The van der Waals surface area contributed by atoms with E-state index in [0.717, 1.165) is 18.5 Å². The Morgan fingerprint density at radius 1 is 1.57 bits per heavy atom. The van der Waals surface area contributed by atoms with Crippen LogP contribution in [0.1, 0.15) is 44.5 Å². The fourth-order valence-corrected chi connectivity index (χ4v) is 1.92. The number of aromatic nitrogens is 2. The maximum Gasteiger partial charge on any atom is 0.0999 e. The van der Waals surface area contributed by atoms with E-state index in [-0.39, 0.29) is 6.04 Å². The zero-order valence-electron chi connectivity index (χ0n) is 8.44. The topological polar surface area (TPSA) is 38.0 Å². The lowest BCUT2D eigenvalue weighted by Crippen LogP contribution is -2.12. The first kappa shape index (κ1) is 9.99. The summed E-state index contributed by atoms with van der Waals surface area (Å²) in [5, 5.41) is 14.8. The van der Waals surface area contributed by atoms with Crippen LogP contribution in [0.25, 0.3) is 0 Å². The molecule has 3 nitrogen and oxygen atoms in total. The van der Waals surface area contributed by atoms with Gasteiger partial charge in [-0.15, -0.1) is 0 Å². The zero-order valence-corrected chi connectivity index (χ0v) is 9.20. The first-order chi connectivity index (χ1) is 6.61. The standard InChI is InChI=1S/C10H15ClN2O/c1-6(2)13-9(8(11)5-12-13)10(14)7-3-4-7/h5-7,10,14H,3-4H2,1-2H3. The van der Waals surface area contributed by atoms with Gasteiger partial charge in [0.15, 0.2) is 0 Å². The Morgan fingerprint density at radius 2 is 2.21 bits per heavy atom. The van der Waals surface area contributed by atoms with Gasteiger partial charge in [0.05, 0.1) is 23.0 Å². The molecule has 1 aromatic rings. The molecule has 1 atom stereocenters. The van der Waals surface area contributed by atoms with Gasteiger partial charge in [-0.05, 0) is 32.6 Å². The van der Waals surface area contributed by atoms with E-state index < -0.39 is 6.10 Å². The van der Waals surface area contributed by atoms with E-state index in [1.54, 1.807) is 6.20 Å². The maximum absolute atomic E-state index is 10.0. The summed E-state index contributed by atoms with van der Waals surface area (Å²) in [6, 6.07) is 0.242. The van der Waals surface area contributed by atoms with Crippen LogP contribution in [0, 0.1) is 5.92 Å². The van der Waals surface area contributed by atoms with Gasteiger partial charge in [0.1, 0.15) is 0 Å². The molecule has 1 aromatic heterocycles. The normalized spacial score (nSPS) is 18.9. The molecule has 1 fully saturated rings. The summed E-state index contributed by atoms with van der Waals surface area (Å²) in [6.07, 6.45) is 3.37. The Labute approximate surface area is 88.7 Å². The average molecular weight is 215 g/mol. The van der Waals surface area contributed by atoms with Crippen LogP contribution < -0.4 is 0 Å². The third-order valence-corrected chi connectivity index (χ3v) is 2.92. The Morgan fingerprint density at radius 3 is 2.71 bits per heavy atom. The fraction of sp³-hybridized carbons (Fsp3) is 0.700. The minimum Gasteiger partial charge on any atom is -0.386 e.